The smallest absolute Gasteiger partial charge is 0.341 e. The highest BCUT2D eigenvalue weighted by Gasteiger charge is 2.31. The van der Waals surface area contributed by atoms with Crippen molar-refractivity contribution < 1.29 is 13.9 Å². The van der Waals surface area contributed by atoms with E-state index in [1.54, 1.807) is 6.07 Å². The van der Waals surface area contributed by atoms with Gasteiger partial charge in [-0.25, -0.2) is 4.79 Å². The third-order valence-electron chi connectivity index (χ3n) is 4.23. The van der Waals surface area contributed by atoms with Crippen LogP contribution in [0.25, 0.3) is 0 Å². The number of methoxy groups -OCH3 is 1. The molecule has 0 aromatic carbocycles. The molecule has 2 aliphatic rings. The van der Waals surface area contributed by atoms with Gasteiger partial charge >= 0.3 is 5.97 Å². The largest absolute Gasteiger partial charge is 0.467 e. The van der Waals surface area contributed by atoms with Gasteiger partial charge in [0.15, 0.2) is 0 Å². The molecular formula is C15H22N2O3. The monoisotopic (exact) mass is 278 g/mol. The minimum atomic E-state index is -0.349. The molecule has 0 amide bonds. The maximum Gasteiger partial charge on any atom is 0.341 e. The first-order valence-corrected chi connectivity index (χ1v) is 7.39. The number of carbonyl (C=O) groups is 1. The number of piperidine rings is 1. The Morgan fingerprint density at radius 1 is 1.40 bits per heavy atom. The molecule has 2 heterocycles. The fourth-order valence-electron chi connectivity index (χ4n) is 2.85. The second kappa shape index (κ2) is 5.97. The highest BCUT2D eigenvalue weighted by molar-refractivity contribution is 5.88. The molecule has 5 nitrogen and oxygen atoms in total. The fourth-order valence-corrected chi connectivity index (χ4v) is 2.85. The molecule has 20 heavy (non-hydrogen) atoms. The van der Waals surface area contributed by atoms with E-state index in [2.05, 4.69) is 15.0 Å². The van der Waals surface area contributed by atoms with Crippen LogP contribution in [0.4, 0.5) is 0 Å². The lowest BCUT2D eigenvalue weighted by Crippen LogP contribution is -2.43. The average Bonchev–Trinajstić information content (AvgIpc) is 3.23. The van der Waals surface area contributed by atoms with Crippen molar-refractivity contribution in [3.63, 3.8) is 0 Å². The minimum absolute atomic E-state index is 0.349. The van der Waals surface area contributed by atoms with E-state index in [1.165, 1.54) is 52.1 Å². The Kier molecular flexibility index (Phi) is 4.08. The summed E-state index contributed by atoms with van der Waals surface area (Å²) < 4.78 is 10.0. The molecule has 1 saturated carbocycles. The number of carbonyl (C=O) groups excluding carboxylic acids is 1. The van der Waals surface area contributed by atoms with Gasteiger partial charge in [0.25, 0.3) is 0 Å². The Hall–Kier alpha value is -1.33. The summed E-state index contributed by atoms with van der Waals surface area (Å²) in [4.78, 5) is 13.9. The van der Waals surface area contributed by atoms with Crippen LogP contribution in [0.1, 0.15) is 41.8 Å². The third-order valence-corrected chi connectivity index (χ3v) is 4.23. The van der Waals surface area contributed by atoms with E-state index in [0.717, 1.165) is 11.8 Å². The molecule has 0 radical (unpaired) electrons. The zero-order valence-electron chi connectivity index (χ0n) is 11.9. The van der Waals surface area contributed by atoms with Crippen LogP contribution in [-0.4, -0.2) is 43.2 Å². The molecule has 1 aromatic rings. The van der Waals surface area contributed by atoms with Crippen LogP contribution in [0.15, 0.2) is 16.7 Å². The van der Waals surface area contributed by atoms with Gasteiger partial charge in [0, 0.05) is 12.1 Å². The van der Waals surface area contributed by atoms with E-state index in [9.17, 15) is 4.79 Å². The number of rotatable bonds is 5. The number of ether oxygens (including phenoxy) is 1. The van der Waals surface area contributed by atoms with Crippen LogP contribution < -0.4 is 5.32 Å². The molecule has 1 saturated heterocycles. The quantitative estimate of drug-likeness (QED) is 0.832. The normalized spacial score (nSPS) is 21.1. The van der Waals surface area contributed by atoms with Gasteiger partial charge in [-0.3, -0.25) is 0 Å². The highest BCUT2D eigenvalue weighted by Crippen LogP contribution is 2.29. The standard InChI is InChI=1S/C15H22N2O3/c1-19-15(18)11-8-14(20-10-11)9-16-12-4-6-17(7-5-12)13-2-3-13/h8,10,12-13,16H,2-7,9H2,1H3. The maximum atomic E-state index is 11.3. The molecule has 0 atom stereocenters. The first-order chi connectivity index (χ1) is 9.76. The summed E-state index contributed by atoms with van der Waals surface area (Å²) in [6.45, 7) is 3.08. The first kappa shape index (κ1) is 13.6. The van der Waals surface area contributed by atoms with Gasteiger partial charge in [0.05, 0.1) is 19.2 Å². The molecule has 1 aliphatic carbocycles. The predicted molar refractivity (Wildman–Crippen MR) is 74.5 cm³/mol. The van der Waals surface area contributed by atoms with Gasteiger partial charge in [0.2, 0.25) is 0 Å². The van der Waals surface area contributed by atoms with E-state index in [1.807, 2.05) is 0 Å². The summed E-state index contributed by atoms with van der Waals surface area (Å²) in [5.41, 5.74) is 0.479. The number of esters is 1. The van der Waals surface area contributed by atoms with Gasteiger partial charge in [-0.15, -0.1) is 0 Å². The van der Waals surface area contributed by atoms with Crippen LogP contribution in [0.5, 0.6) is 0 Å². The zero-order chi connectivity index (χ0) is 13.9. The van der Waals surface area contributed by atoms with E-state index in [4.69, 9.17) is 4.42 Å². The van der Waals surface area contributed by atoms with Gasteiger partial charge in [-0.1, -0.05) is 0 Å². The van der Waals surface area contributed by atoms with Crippen molar-refractivity contribution in [2.75, 3.05) is 20.2 Å². The third kappa shape index (κ3) is 3.22. The van der Waals surface area contributed by atoms with E-state index in [0.29, 0.717) is 18.2 Å². The molecule has 0 bridgehead atoms. The Morgan fingerprint density at radius 3 is 2.80 bits per heavy atom. The molecule has 0 unspecified atom stereocenters. The van der Waals surface area contributed by atoms with Gasteiger partial charge in [0.1, 0.15) is 12.0 Å². The summed E-state index contributed by atoms with van der Waals surface area (Å²) >= 11 is 0. The molecule has 2 fully saturated rings. The Labute approximate surface area is 119 Å². The number of likely N-dealkylation sites (tertiary alicyclic amines) is 1. The fraction of sp³-hybridized carbons (Fsp3) is 0.667. The molecule has 1 aliphatic heterocycles. The molecule has 1 N–H and O–H groups in total. The molecule has 110 valence electrons. The summed E-state index contributed by atoms with van der Waals surface area (Å²) in [7, 11) is 1.38. The number of nitrogens with zero attached hydrogens (tertiary/aromatic N) is 1. The average molecular weight is 278 g/mol. The van der Waals surface area contributed by atoms with Gasteiger partial charge in [-0.2, -0.15) is 0 Å². The van der Waals surface area contributed by atoms with Crippen molar-refractivity contribution in [1.29, 1.82) is 0 Å². The van der Waals surface area contributed by atoms with Crippen molar-refractivity contribution in [2.24, 2.45) is 0 Å². The van der Waals surface area contributed by atoms with Crippen LogP contribution >= 0.6 is 0 Å². The Morgan fingerprint density at radius 2 is 2.15 bits per heavy atom. The SMILES string of the molecule is COC(=O)c1coc(CNC2CCN(C3CC3)CC2)c1. The summed E-state index contributed by atoms with van der Waals surface area (Å²) in [6.07, 6.45) is 6.63. The van der Waals surface area contributed by atoms with Gasteiger partial charge in [-0.05, 0) is 44.8 Å². The highest BCUT2D eigenvalue weighted by atomic mass is 16.5. The molecular weight excluding hydrogens is 256 g/mol. The Balaban J connectivity index is 1.43. The second-order valence-corrected chi connectivity index (χ2v) is 5.72. The zero-order valence-corrected chi connectivity index (χ0v) is 11.9. The second-order valence-electron chi connectivity index (χ2n) is 5.72. The maximum absolute atomic E-state index is 11.3. The lowest BCUT2D eigenvalue weighted by atomic mass is 10.0. The van der Waals surface area contributed by atoms with E-state index >= 15 is 0 Å². The topological polar surface area (TPSA) is 54.7 Å². The van der Waals surface area contributed by atoms with Gasteiger partial charge < -0.3 is 19.4 Å². The number of furan rings is 1. The molecule has 3 rings (SSSR count). The van der Waals surface area contributed by atoms with Crippen LogP contribution in [0.2, 0.25) is 0 Å². The lowest BCUT2D eigenvalue weighted by Gasteiger charge is -2.32. The number of hydrogen-bond donors (Lipinski definition) is 1. The summed E-state index contributed by atoms with van der Waals surface area (Å²) in [5, 5.41) is 3.52. The van der Waals surface area contributed by atoms with Crippen molar-refractivity contribution in [2.45, 2.75) is 44.3 Å². The van der Waals surface area contributed by atoms with Crippen LogP contribution in [0.3, 0.4) is 0 Å². The Bertz CT molecular complexity index is 459. The molecule has 0 spiro atoms. The predicted octanol–water partition coefficient (Wildman–Crippen LogP) is 1.78. The van der Waals surface area contributed by atoms with E-state index < -0.39 is 0 Å². The van der Waals surface area contributed by atoms with Crippen molar-refractivity contribution in [3.8, 4) is 0 Å². The number of nitrogens with one attached hydrogen (secondary N) is 1. The molecule has 1 aromatic heterocycles. The first-order valence-electron chi connectivity index (χ1n) is 7.39. The lowest BCUT2D eigenvalue weighted by molar-refractivity contribution is 0.0600. The van der Waals surface area contributed by atoms with E-state index in [-0.39, 0.29) is 5.97 Å². The van der Waals surface area contributed by atoms with Crippen LogP contribution in [-0.2, 0) is 11.3 Å². The molecule has 5 heteroatoms. The summed E-state index contributed by atoms with van der Waals surface area (Å²) in [5.74, 6) is 0.438. The van der Waals surface area contributed by atoms with Crippen molar-refractivity contribution in [1.82, 2.24) is 10.2 Å². The van der Waals surface area contributed by atoms with Crippen LogP contribution in [0, 0.1) is 0 Å². The minimum Gasteiger partial charge on any atom is -0.467 e. The summed E-state index contributed by atoms with van der Waals surface area (Å²) in [6, 6.07) is 3.18. The van der Waals surface area contributed by atoms with Crippen molar-refractivity contribution >= 4 is 5.97 Å². The number of hydrogen-bond acceptors (Lipinski definition) is 5. The van der Waals surface area contributed by atoms with Crippen molar-refractivity contribution in [3.05, 3.63) is 23.7 Å².